The zero-order valence-electron chi connectivity index (χ0n) is 12.0. The number of hydrogen-bond donors (Lipinski definition) is 1. The van der Waals surface area contributed by atoms with Crippen molar-refractivity contribution in [3.8, 4) is 11.8 Å². The summed E-state index contributed by atoms with van der Waals surface area (Å²) in [7, 11) is 1.56. The highest BCUT2D eigenvalue weighted by atomic mass is 19.3. The average molecular weight is 310 g/mol. The van der Waals surface area contributed by atoms with E-state index in [1.54, 1.807) is 13.2 Å². The van der Waals surface area contributed by atoms with Gasteiger partial charge in [0, 0.05) is 20.3 Å². The number of methoxy groups -OCH3 is 1. The van der Waals surface area contributed by atoms with Crippen LogP contribution in [-0.4, -0.2) is 32.8 Å². The SMILES string of the molecule is COCCCNC(=O)/C(C#N)=C/c1ccc(OC(F)F)cc1. The van der Waals surface area contributed by atoms with Crippen molar-refractivity contribution in [2.24, 2.45) is 0 Å². The lowest BCUT2D eigenvalue weighted by atomic mass is 10.1. The van der Waals surface area contributed by atoms with Crippen LogP contribution in [0.5, 0.6) is 5.75 Å². The summed E-state index contributed by atoms with van der Waals surface area (Å²) in [5.74, 6) is -0.485. The molecule has 1 N–H and O–H groups in total. The Kier molecular flexibility index (Phi) is 7.57. The molecule has 0 aliphatic heterocycles. The fourth-order valence-corrected chi connectivity index (χ4v) is 1.57. The number of ether oxygens (including phenoxy) is 2. The fraction of sp³-hybridized carbons (Fsp3) is 0.333. The predicted molar refractivity (Wildman–Crippen MR) is 76.2 cm³/mol. The molecule has 0 aliphatic carbocycles. The van der Waals surface area contributed by atoms with E-state index in [0.29, 0.717) is 25.1 Å². The molecule has 22 heavy (non-hydrogen) atoms. The number of nitrogens with zero attached hydrogens (tertiary/aromatic N) is 1. The van der Waals surface area contributed by atoms with E-state index >= 15 is 0 Å². The third-order valence-corrected chi connectivity index (χ3v) is 2.59. The molecule has 1 aromatic rings. The Bertz CT molecular complexity index is 551. The molecule has 0 saturated heterocycles. The van der Waals surface area contributed by atoms with Gasteiger partial charge in [-0.05, 0) is 30.2 Å². The summed E-state index contributed by atoms with van der Waals surface area (Å²) in [6, 6.07) is 7.44. The van der Waals surface area contributed by atoms with Gasteiger partial charge in [0.1, 0.15) is 17.4 Å². The van der Waals surface area contributed by atoms with Gasteiger partial charge in [-0.15, -0.1) is 0 Å². The standard InChI is InChI=1S/C15H16F2N2O3/c1-21-8-2-7-19-14(20)12(10-18)9-11-3-5-13(6-4-11)22-15(16)17/h3-6,9,15H,2,7-8H2,1H3,(H,19,20)/b12-9+. The van der Waals surface area contributed by atoms with E-state index in [0.717, 1.165) is 0 Å². The van der Waals surface area contributed by atoms with Crippen LogP contribution in [0, 0.1) is 11.3 Å². The largest absolute Gasteiger partial charge is 0.435 e. The van der Waals surface area contributed by atoms with Crippen LogP contribution in [0.4, 0.5) is 8.78 Å². The van der Waals surface area contributed by atoms with Gasteiger partial charge in [-0.3, -0.25) is 4.79 Å². The van der Waals surface area contributed by atoms with Crippen molar-refractivity contribution in [1.29, 1.82) is 5.26 Å². The van der Waals surface area contributed by atoms with Gasteiger partial charge >= 0.3 is 6.61 Å². The normalized spacial score (nSPS) is 11.1. The van der Waals surface area contributed by atoms with Crippen molar-refractivity contribution >= 4 is 12.0 Å². The number of hydrogen-bond acceptors (Lipinski definition) is 4. The van der Waals surface area contributed by atoms with Gasteiger partial charge < -0.3 is 14.8 Å². The molecular formula is C15H16F2N2O3. The molecule has 0 heterocycles. The van der Waals surface area contributed by atoms with Crippen molar-refractivity contribution < 1.29 is 23.0 Å². The molecule has 0 spiro atoms. The molecule has 0 bridgehead atoms. The molecule has 0 saturated carbocycles. The monoisotopic (exact) mass is 310 g/mol. The number of nitriles is 1. The molecule has 7 heteroatoms. The molecule has 1 aromatic carbocycles. The Hall–Kier alpha value is -2.46. The second-order valence-corrected chi connectivity index (χ2v) is 4.22. The van der Waals surface area contributed by atoms with Crippen LogP contribution in [-0.2, 0) is 9.53 Å². The Morgan fingerprint density at radius 3 is 2.64 bits per heavy atom. The highest BCUT2D eigenvalue weighted by Gasteiger charge is 2.08. The van der Waals surface area contributed by atoms with Crippen LogP contribution in [0.15, 0.2) is 29.8 Å². The number of halogens is 2. The lowest BCUT2D eigenvalue weighted by molar-refractivity contribution is -0.117. The summed E-state index contributed by atoms with van der Waals surface area (Å²) in [6.07, 6.45) is 2.01. The van der Waals surface area contributed by atoms with Crippen LogP contribution in [0.1, 0.15) is 12.0 Å². The molecule has 118 valence electrons. The van der Waals surface area contributed by atoms with Gasteiger partial charge in [-0.1, -0.05) is 12.1 Å². The maximum Gasteiger partial charge on any atom is 0.387 e. The molecule has 1 rings (SSSR count). The van der Waals surface area contributed by atoms with Gasteiger partial charge in [0.05, 0.1) is 0 Å². The molecule has 0 aliphatic rings. The van der Waals surface area contributed by atoms with E-state index in [2.05, 4.69) is 10.1 Å². The van der Waals surface area contributed by atoms with Crippen molar-refractivity contribution in [3.63, 3.8) is 0 Å². The van der Waals surface area contributed by atoms with Gasteiger partial charge in [0.2, 0.25) is 0 Å². The minimum Gasteiger partial charge on any atom is -0.435 e. The third kappa shape index (κ3) is 6.33. The van der Waals surface area contributed by atoms with Crippen molar-refractivity contribution in [2.45, 2.75) is 13.0 Å². The molecular weight excluding hydrogens is 294 g/mol. The number of nitrogens with one attached hydrogen (secondary N) is 1. The highest BCUT2D eigenvalue weighted by Crippen LogP contribution is 2.16. The molecule has 0 atom stereocenters. The summed E-state index contributed by atoms with van der Waals surface area (Å²) in [5.41, 5.74) is 0.463. The Morgan fingerprint density at radius 2 is 2.09 bits per heavy atom. The second kappa shape index (κ2) is 9.47. The van der Waals surface area contributed by atoms with E-state index in [1.165, 1.54) is 30.3 Å². The number of rotatable bonds is 8. The second-order valence-electron chi connectivity index (χ2n) is 4.22. The first-order chi connectivity index (χ1) is 10.6. The van der Waals surface area contributed by atoms with Crippen LogP contribution in [0.3, 0.4) is 0 Å². The van der Waals surface area contributed by atoms with Crippen LogP contribution < -0.4 is 10.1 Å². The Balaban J connectivity index is 2.67. The van der Waals surface area contributed by atoms with Crippen molar-refractivity contribution in [2.75, 3.05) is 20.3 Å². The summed E-state index contributed by atoms with van der Waals surface area (Å²) in [4.78, 5) is 11.8. The number of amides is 1. The zero-order chi connectivity index (χ0) is 16.4. The van der Waals surface area contributed by atoms with Crippen molar-refractivity contribution in [1.82, 2.24) is 5.32 Å². The summed E-state index contributed by atoms with van der Waals surface area (Å²) in [6.45, 7) is -1.99. The smallest absolute Gasteiger partial charge is 0.387 e. The molecule has 5 nitrogen and oxygen atoms in total. The fourth-order valence-electron chi connectivity index (χ4n) is 1.57. The van der Waals surface area contributed by atoms with E-state index in [4.69, 9.17) is 10.00 Å². The lowest BCUT2D eigenvalue weighted by Gasteiger charge is -2.05. The Labute approximate surface area is 127 Å². The first kappa shape index (κ1) is 17.6. The van der Waals surface area contributed by atoms with Gasteiger partial charge in [-0.2, -0.15) is 14.0 Å². The predicted octanol–water partition coefficient (Wildman–Crippen LogP) is 2.35. The average Bonchev–Trinajstić information content (AvgIpc) is 2.50. The van der Waals surface area contributed by atoms with Crippen molar-refractivity contribution in [3.05, 3.63) is 35.4 Å². The zero-order valence-corrected chi connectivity index (χ0v) is 12.0. The van der Waals surface area contributed by atoms with Gasteiger partial charge in [0.25, 0.3) is 5.91 Å². The maximum absolute atomic E-state index is 12.0. The quantitative estimate of drug-likeness (QED) is 0.454. The minimum atomic E-state index is -2.89. The third-order valence-electron chi connectivity index (χ3n) is 2.59. The topological polar surface area (TPSA) is 71.3 Å². The van der Waals surface area contributed by atoms with E-state index in [1.807, 2.05) is 0 Å². The maximum atomic E-state index is 12.0. The van der Waals surface area contributed by atoms with E-state index < -0.39 is 12.5 Å². The van der Waals surface area contributed by atoms with E-state index in [9.17, 15) is 13.6 Å². The molecule has 0 radical (unpaired) electrons. The number of carbonyl (C=O) groups is 1. The minimum absolute atomic E-state index is 0.00896. The van der Waals surface area contributed by atoms with Gasteiger partial charge in [0.15, 0.2) is 0 Å². The first-order valence-corrected chi connectivity index (χ1v) is 6.50. The summed E-state index contributed by atoms with van der Waals surface area (Å²) in [5, 5.41) is 11.6. The van der Waals surface area contributed by atoms with E-state index in [-0.39, 0.29) is 11.3 Å². The number of carbonyl (C=O) groups excluding carboxylic acids is 1. The van der Waals surface area contributed by atoms with Crippen LogP contribution >= 0.6 is 0 Å². The van der Waals surface area contributed by atoms with Crippen LogP contribution in [0.2, 0.25) is 0 Å². The van der Waals surface area contributed by atoms with Crippen LogP contribution in [0.25, 0.3) is 6.08 Å². The molecule has 0 fully saturated rings. The first-order valence-electron chi connectivity index (χ1n) is 6.50. The number of alkyl halides is 2. The Morgan fingerprint density at radius 1 is 1.41 bits per heavy atom. The molecule has 1 amide bonds. The lowest BCUT2D eigenvalue weighted by Crippen LogP contribution is -2.26. The summed E-state index contributed by atoms with van der Waals surface area (Å²) < 4.78 is 33.1. The summed E-state index contributed by atoms with van der Waals surface area (Å²) >= 11 is 0. The molecule has 0 unspecified atom stereocenters. The van der Waals surface area contributed by atoms with Gasteiger partial charge in [-0.25, -0.2) is 0 Å². The molecule has 0 aromatic heterocycles. The number of benzene rings is 1. The highest BCUT2D eigenvalue weighted by molar-refractivity contribution is 6.01.